The molecule has 0 unspecified atom stereocenters. The Kier molecular flexibility index (Phi) is 2.89. The number of nitrogens with zero attached hydrogens (tertiary/aromatic N) is 5. The van der Waals surface area contributed by atoms with Crippen molar-refractivity contribution in [3.05, 3.63) is 42.0 Å². The molecule has 1 N–H and O–H groups in total. The summed E-state index contributed by atoms with van der Waals surface area (Å²) >= 11 is 0. The van der Waals surface area contributed by atoms with Gasteiger partial charge in [-0.2, -0.15) is 9.78 Å². The topological polar surface area (TPSA) is 88.1 Å². The Balaban J connectivity index is 2.00. The first-order valence-corrected chi connectivity index (χ1v) is 5.84. The third-order valence-corrected chi connectivity index (χ3v) is 2.70. The van der Waals surface area contributed by atoms with E-state index in [0.29, 0.717) is 23.0 Å². The molecule has 0 atom stereocenters. The van der Waals surface area contributed by atoms with Gasteiger partial charge >= 0.3 is 0 Å². The van der Waals surface area contributed by atoms with Crippen LogP contribution in [-0.2, 0) is 0 Å². The fraction of sp³-hybridized carbons (Fsp3) is 0.0769. The van der Waals surface area contributed by atoms with Crippen LogP contribution in [0.1, 0.15) is 5.56 Å². The number of methoxy groups -OCH3 is 1. The van der Waals surface area contributed by atoms with Crippen LogP contribution in [0.15, 0.2) is 36.4 Å². The molecule has 0 saturated heterocycles. The number of hydrogen-bond acceptors (Lipinski definition) is 6. The smallest absolute Gasteiger partial charge is 0.250 e. The molecule has 0 saturated carbocycles. The molecule has 20 heavy (non-hydrogen) atoms. The largest absolute Gasteiger partial charge is 0.480 e. The minimum Gasteiger partial charge on any atom is -0.480 e. The zero-order valence-electron chi connectivity index (χ0n) is 10.6. The van der Waals surface area contributed by atoms with Gasteiger partial charge in [0, 0.05) is 11.8 Å². The van der Waals surface area contributed by atoms with Crippen LogP contribution < -0.4 is 10.1 Å². The van der Waals surface area contributed by atoms with Crippen molar-refractivity contribution in [3.63, 3.8) is 0 Å². The summed E-state index contributed by atoms with van der Waals surface area (Å²) in [5, 5.41) is 24.2. The number of fused-ring (bicyclic) bond motifs is 1. The zero-order chi connectivity index (χ0) is 13.9. The lowest BCUT2D eigenvalue weighted by molar-refractivity contribution is 0.390. The maximum Gasteiger partial charge on any atom is 0.250 e. The van der Waals surface area contributed by atoms with Gasteiger partial charge in [-0.3, -0.25) is 0 Å². The summed E-state index contributed by atoms with van der Waals surface area (Å²) in [5.74, 6) is 0.917. The Hall–Kier alpha value is -3.14. The third kappa shape index (κ3) is 2.10. The summed E-state index contributed by atoms with van der Waals surface area (Å²) in [6, 6.07) is 12.6. The van der Waals surface area contributed by atoms with Gasteiger partial charge in [0.2, 0.25) is 5.88 Å². The van der Waals surface area contributed by atoms with Gasteiger partial charge in [-0.15, -0.1) is 15.3 Å². The SMILES string of the molecule is COc1ccc2nnc(Nc3cccc(C#N)c3)n2n1. The highest BCUT2D eigenvalue weighted by molar-refractivity contribution is 5.58. The first-order chi connectivity index (χ1) is 9.80. The minimum atomic E-state index is 0.453. The lowest BCUT2D eigenvalue weighted by atomic mass is 10.2. The number of nitriles is 1. The van der Waals surface area contributed by atoms with Crippen LogP contribution in [-0.4, -0.2) is 26.9 Å². The van der Waals surface area contributed by atoms with Gasteiger partial charge in [0.05, 0.1) is 18.7 Å². The van der Waals surface area contributed by atoms with Crippen molar-refractivity contribution in [1.29, 1.82) is 5.26 Å². The zero-order valence-corrected chi connectivity index (χ0v) is 10.6. The van der Waals surface area contributed by atoms with E-state index in [9.17, 15) is 0 Å². The summed E-state index contributed by atoms with van der Waals surface area (Å²) < 4.78 is 6.61. The van der Waals surface area contributed by atoms with E-state index in [0.717, 1.165) is 5.69 Å². The van der Waals surface area contributed by atoms with Gasteiger partial charge in [0.15, 0.2) is 5.65 Å². The average molecular weight is 266 g/mol. The number of rotatable bonds is 3. The highest BCUT2D eigenvalue weighted by Crippen LogP contribution is 2.17. The molecule has 0 spiro atoms. The van der Waals surface area contributed by atoms with Crippen molar-refractivity contribution in [1.82, 2.24) is 19.8 Å². The number of benzene rings is 1. The van der Waals surface area contributed by atoms with E-state index in [1.165, 1.54) is 4.52 Å². The molecule has 7 nitrogen and oxygen atoms in total. The van der Waals surface area contributed by atoms with Gasteiger partial charge in [-0.25, -0.2) is 0 Å². The highest BCUT2D eigenvalue weighted by atomic mass is 16.5. The van der Waals surface area contributed by atoms with Gasteiger partial charge in [-0.1, -0.05) is 6.07 Å². The number of ether oxygens (including phenoxy) is 1. The van der Waals surface area contributed by atoms with Crippen molar-refractivity contribution in [2.75, 3.05) is 12.4 Å². The molecule has 98 valence electrons. The van der Waals surface area contributed by atoms with Crippen LogP contribution in [0.4, 0.5) is 11.6 Å². The molecule has 2 aromatic heterocycles. The average Bonchev–Trinajstić information content (AvgIpc) is 2.89. The fourth-order valence-corrected chi connectivity index (χ4v) is 1.75. The normalized spacial score (nSPS) is 10.2. The Morgan fingerprint density at radius 1 is 1.25 bits per heavy atom. The van der Waals surface area contributed by atoms with Gasteiger partial charge in [0.1, 0.15) is 0 Å². The van der Waals surface area contributed by atoms with Crippen molar-refractivity contribution >= 4 is 17.3 Å². The summed E-state index contributed by atoms with van der Waals surface area (Å²) in [4.78, 5) is 0. The number of hydrogen-bond donors (Lipinski definition) is 1. The highest BCUT2D eigenvalue weighted by Gasteiger charge is 2.08. The maximum atomic E-state index is 8.89. The van der Waals surface area contributed by atoms with Crippen LogP contribution in [0.25, 0.3) is 5.65 Å². The van der Waals surface area contributed by atoms with Crippen LogP contribution in [0.2, 0.25) is 0 Å². The fourth-order valence-electron chi connectivity index (χ4n) is 1.75. The van der Waals surface area contributed by atoms with Crippen LogP contribution in [0.5, 0.6) is 5.88 Å². The van der Waals surface area contributed by atoms with Gasteiger partial charge < -0.3 is 10.1 Å². The molecular formula is C13H10N6O. The predicted molar refractivity (Wildman–Crippen MR) is 71.8 cm³/mol. The van der Waals surface area contributed by atoms with Gasteiger partial charge in [0.25, 0.3) is 5.95 Å². The number of aromatic nitrogens is 4. The third-order valence-electron chi connectivity index (χ3n) is 2.70. The van der Waals surface area contributed by atoms with E-state index in [2.05, 4.69) is 26.7 Å². The van der Waals surface area contributed by atoms with Crippen molar-refractivity contribution in [2.45, 2.75) is 0 Å². The molecule has 2 heterocycles. The minimum absolute atomic E-state index is 0.453. The van der Waals surface area contributed by atoms with E-state index in [-0.39, 0.29) is 0 Å². The predicted octanol–water partition coefficient (Wildman–Crippen LogP) is 1.75. The van der Waals surface area contributed by atoms with Crippen molar-refractivity contribution in [3.8, 4) is 11.9 Å². The maximum absolute atomic E-state index is 8.89. The van der Waals surface area contributed by atoms with Crippen LogP contribution >= 0.6 is 0 Å². The van der Waals surface area contributed by atoms with Crippen molar-refractivity contribution < 1.29 is 4.74 Å². The van der Waals surface area contributed by atoms with E-state index in [1.807, 2.05) is 6.07 Å². The Bertz CT molecular complexity index is 804. The second kappa shape index (κ2) is 4.85. The summed E-state index contributed by atoms with van der Waals surface area (Å²) in [6.07, 6.45) is 0. The van der Waals surface area contributed by atoms with E-state index in [1.54, 1.807) is 37.4 Å². The Morgan fingerprint density at radius 2 is 2.15 bits per heavy atom. The second-order valence-corrected chi connectivity index (χ2v) is 3.99. The van der Waals surface area contributed by atoms with Gasteiger partial charge in [-0.05, 0) is 24.3 Å². The van der Waals surface area contributed by atoms with E-state index < -0.39 is 0 Å². The van der Waals surface area contributed by atoms with E-state index >= 15 is 0 Å². The standard InChI is InChI=1S/C13H10N6O/c1-20-12-6-5-11-16-17-13(19(11)18-12)15-10-4-2-3-9(7-10)8-14/h2-7H,1H3,(H,15,17). The first kappa shape index (κ1) is 11.9. The lowest BCUT2D eigenvalue weighted by Crippen LogP contribution is -2.01. The van der Waals surface area contributed by atoms with Crippen LogP contribution in [0.3, 0.4) is 0 Å². The van der Waals surface area contributed by atoms with E-state index in [4.69, 9.17) is 10.00 Å². The molecule has 0 bridgehead atoms. The molecule has 0 aliphatic heterocycles. The monoisotopic (exact) mass is 266 g/mol. The first-order valence-electron chi connectivity index (χ1n) is 5.84. The molecule has 3 aromatic rings. The number of nitrogens with one attached hydrogen (secondary N) is 1. The second-order valence-electron chi connectivity index (χ2n) is 3.99. The van der Waals surface area contributed by atoms with Crippen molar-refractivity contribution in [2.24, 2.45) is 0 Å². The number of anilines is 2. The quantitative estimate of drug-likeness (QED) is 0.777. The Labute approximate surface area is 114 Å². The lowest BCUT2D eigenvalue weighted by Gasteiger charge is -2.04. The molecular weight excluding hydrogens is 256 g/mol. The molecule has 0 amide bonds. The summed E-state index contributed by atoms with van der Waals surface area (Å²) in [7, 11) is 1.54. The summed E-state index contributed by atoms with van der Waals surface area (Å²) in [6.45, 7) is 0. The molecule has 7 heteroatoms. The molecule has 3 rings (SSSR count). The van der Waals surface area contributed by atoms with Crippen LogP contribution in [0, 0.1) is 11.3 Å². The molecule has 0 radical (unpaired) electrons. The molecule has 0 aliphatic rings. The molecule has 0 fully saturated rings. The molecule has 1 aromatic carbocycles. The summed E-state index contributed by atoms with van der Waals surface area (Å²) in [5.41, 5.74) is 1.90. The Morgan fingerprint density at radius 3 is 2.95 bits per heavy atom. The molecule has 0 aliphatic carbocycles.